The maximum atomic E-state index is 10.1. The summed E-state index contributed by atoms with van der Waals surface area (Å²) in [5.74, 6) is 0. The zero-order valence-corrected chi connectivity index (χ0v) is 12.2. The Hall–Kier alpha value is 1.90. The SMILES string of the molecule is O.O.[Na+].[Na+].[O-]B1OB(OB2OB([O-])O2)O1. The van der Waals surface area contributed by atoms with Crippen molar-refractivity contribution in [1.29, 1.82) is 0 Å². The molecule has 0 atom stereocenters. The van der Waals surface area contributed by atoms with Crippen molar-refractivity contribution in [3.63, 3.8) is 0 Å². The molecule has 0 aromatic carbocycles. The molecule has 2 heterocycles. The minimum Gasteiger partial charge on any atom is -0.833 e. The molecule has 0 bridgehead atoms. The van der Waals surface area contributed by atoms with Crippen LogP contribution in [-0.4, -0.2) is 40.2 Å². The van der Waals surface area contributed by atoms with Gasteiger partial charge in [0.15, 0.2) is 0 Å². The van der Waals surface area contributed by atoms with E-state index in [1.807, 2.05) is 0 Å². The molecule has 0 spiro atoms. The Bertz CT molecular complexity index is 131. The van der Waals surface area contributed by atoms with E-state index in [1.54, 1.807) is 0 Å². The second-order valence-corrected chi connectivity index (χ2v) is 1.84. The van der Waals surface area contributed by atoms with E-state index in [0.717, 1.165) is 0 Å². The third kappa shape index (κ3) is 6.41. The van der Waals surface area contributed by atoms with Crippen molar-refractivity contribution in [2.45, 2.75) is 0 Å². The fourth-order valence-corrected chi connectivity index (χ4v) is 0.602. The van der Waals surface area contributed by atoms with E-state index in [1.165, 1.54) is 0 Å². The Labute approximate surface area is 131 Å². The van der Waals surface area contributed by atoms with Gasteiger partial charge in [-0.2, -0.15) is 0 Å². The van der Waals surface area contributed by atoms with Gasteiger partial charge in [-0.3, -0.25) is 0 Å². The Kier molecular flexibility index (Phi) is 14.6. The molecule has 0 amide bonds. The van der Waals surface area contributed by atoms with Gasteiger partial charge in [-0.15, -0.1) is 0 Å². The average Bonchev–Trinajstić information content (AvgIpc) is 1.81. The standard InChI is InChI=1S/B4O7.2Na.2H2O/c5-1-7-3(8-1)11-4-9-2(6)10-4;;;;/h;;;2*1H2/q-2;2*+1;;. The Morgan fingerprint density at radius 3 is 1.20 bits per heavy atom. The molecule has 0 aliphatic carbocycles. The fourth-order valence-electron chi connectivity index (χ4n) is 0.602. The molecule has 15 heavy (non-hydrogen) atoms. The third-order valence-corrected chi connectivity index (χ3v) is 1.11. The predicted molar refractivity (Wildman–Crippen MR) is 35.7 cm³/mol. The van der Waals surface area contributed by atoms with Crippen LogP contribution in [0.15, 0.2) is 0 Å². The van der Waals surface area contributed by atoms with Gasteiger partial charge in [-0.1, -0.05) is 0 Å². The van der Waals surface area contributed by atoms with Crippen LogP contribution in [0, 0.1) is 0 Å². The van der Waals surface area contributed by atoms with Crippen molar-refractivity contribution >= 4 is 29.3 Å². The summed E-state index contributed by atoms with van der Waals surface area (Å²) in [5, 5.41) is 20.2. The summed E-state index contributed by atoms with van der Waals surface area (Å²) < 4.78 is 21.8. The first-order valence-electron chi connectivity index (χ1n) is 2.83. The van der Waals surface area contributed by atoms with E-state index in [4.69, 9.17) is 0 Å². The molecule has 0 saturated carbocycles. The second-order valence-electron chi connectivity index (χ2n) is 1.84. The van der Waals surface area contributed by atoms with Crippen LogP contribution >= 0.6 is 0 Å². The zero-order valence-electron chi connectivity index (χ0n) is 8.17. The zero-order chi connectivity index (χ0) is 7.84. The van der Waals surface area contributed by atoms with Gasteiger partial charge in [0.1, 0.15) is 0 Å². The van der Waals surface area contributed by atoms with Gasteiger partial charge < -0.3 is 43.9 Å². The van der Waals surface area contributed by atoms with E-state index in [0.29, 0.717) is 0 Å². The summed E-state index contributed by atoms with van der Waals surface area (Å²) in [5.41, 5.74) is 0. The van der Waals surface area contributed by atoms with Crippen molar-refractivity contribution in [2.24, 2.45) is 0 Å². The molecular weight excluding hydrogens is 233 g/mol. The molecule has 0 radical (unpaired) electrons. The molecule has 4 N–H and O–H groups in total. The van der Waals surface area contributed by atoms with Crippen LogP contribution in [0.4, 0.5) is 0 Å². The number of rotatable bonds is 2. The molecule has 0 aromatic heterocycles. The van der Waals surface area contributed by atoms with Gasteiger partial charge >= 0.3 is 88.4 Å². The first-order chi connectivity index (χ1) is 5.24. The molecule has 2 fully saturated rings. The molecule has 15 heteroatoms. The number of hydrogen-bond donors (Lipinski definition) is 0. The van der Waals surface area contributed by atoms with Crippen LogP contribution in [0.1, 0.15) is 0 Å². The second kappa shape index (κ2) is 9.88. The van der Waals surface area contributed by atoms with Crippen molar-refractivity contribution in [1.82, 2.24) is 0 Å². The average molecular weight is 237 g/mol. The largest absolute Gasteiger partial charge is 1.00 e. The summed E-state index contributed by atoms with van der Waals surface area (Å²) in [4.78, 5) is 0. The van der Waals surface area contributed by atoms with E-state index in [-0.39, 0.29) is 70.1 Å². The monoisotopic (exact) mass is 238 g/mol. The van der Waals surface area contributed by atoms with E-state index >= 15 is 0 Å². The van der Waals surface area contributed by atoms with E-state index < -0.39 is 29.3 Å². The van der Waals surface area contributed by atoms with Crippen LogP contribution in [0.3, 0.4) is 0 Å². The van der Waals surface area contributed by atoms with Gasteiger partial charge in [0.05, 0.1) is 0 Å². The molecular formula is H4B4Na2O9. The van der Waals surface area contributed by atoms with Crippen molar-refractivity contribution in [3.05, 3.63) is 0 Å². The maximum Gasteiger partial charge on any atom is 1.00 e. The van der Waals surface area contributed by atoms with Gasteiger partial charge in [0.25, 0.3) is 0 Å². The molecule has 2 rings (SSSR count). The van der Waals surface area contributed by atoms with Gasteiger partial charge in [0.2, 0.25) is 0 Å². The molecule has 0 unspecified atom stereocenters. The summed E-state index contributed by atoms with van der Waals surface area (Å²) in [6.45, 7) is 0. The van der Waals surface area contributed by atoms with Crippen LogP contribution in [0.5, 0.6) is 0 Å². The molecule has 2 saturated heterocycles. The van der Waals surface area contributed by atoms with Crippen LogP contribution in [-0.2, 0) is 22.9 Å². The Morgan fingerprint density at radius 1 is 0.733 bits per heavy atom. The van der Waals surface area contributed by atoms with Gasteiger partial charge in [-0.25, -0.2) is 0 Å². The normalized spacial score (nSPS) is 17.2. The smallest absolute Gasteiger partial charge is 0.833 e. The predicted octanol–water partition coefficient (Wildman–Crippen LogP) is -11.9. The topological polar surface area (TPSA) is 155 Å². The molecule has 2 aliphatic rings. The molecule has 72 valence electrons. The summed E-state index contributed by atoms with van der Waals surface area (Å²) in [6.07, 6.45) is 0. The Morgan fingerprint density at radius 2 is 1.00 bits per heavy atom. The van der Waals surface area contributed by atoms with Crippen LogP contribution < -0.4 is 69.2 Å². The van der Waals surface area contributed by atoms with E-state index in [2.05, 4.69) is 22.9 Å². The fraction of sp³-hybridized carbons (Fsp3) is 0. The Balaban J connectivity index is -0.000000360. The third-order valence-electron chi connectivity index (χ3n) is 1.11. The van der Waals surface area contributed by atoms with Crippen LogP contribution in [0.2, 0.25) is 0 Å². The summed E-state index contributed by atoms with van der Waals surface area (Å²) in [6, 6.07) is 0. The quantitative estimate of drug-likeness (QED) is 0.431. The first-order valence-corrected chi connectivity index (χ1v) is 2.83. The molecule has 9 nitrogen and oxygen atoms in total. The van der Waals surface area contributed by atoms with Crippen molar-refractivity contribution in [2.75, 3.05) is 0 Å². The van der Waals surface area contributed by atoms with Gasteiger partial charge in [-0.05, 0) is 0 Å². The maximum absolute atomic E-state index is 10.1. The summed E-state index contributed by atoms with van der Waals surface area (Å²) in [7, 11) is -5.17. The molecule has 0 aromatic rings. The minimum absolute atomic E-state index is 0. The number of hydrogen-bond acceptors (Lipinski definition) is 7. The molecule has 2 aliphatic heterocycles. The van der Waals surface area contributed by atoms with E-state index in [9.17, 15) is 10.0 Å². The van der Waals surface area contributed by atoms with Crippen LogP contribution in [0.25, 0.3) is 0 Å². The van der Waals surface area contributed by atoms with Gasteiger partial charge in [0, 0.05) is 0 Å². The van der Waals surface area contributed by atoms with Crippen molar-refractivity contribution in [3.8, 4) is 0 Å². The summed E-state index contributed by atoms with van der Waals surface area (Å²) >= 11 is 0. The minimum atomic E-state index is -1.51. The first kappa shape index (κ1) is 22.1. The van der Waals surface area contributed by atoms with Crippen molar-refractivity contribution < 1.29 is 103 Å².